The van der Waals surface area contributed by atoms with Crippen LogP contribution in [0.5, 0.6) is 5.75 Å². The molecular formula is C15H20O3. The quantitative estimate of drug-likeness (QED) is 0.568. The van der Waals surface area contributed by atoms with Crippen molar-refractivity contribution in [3.8, 4) is 5.75 Å². The van der Waals surface area contributed by atoms with E-state index >= 15 is 0 Å². The van der Waals surface area contributed by atoms with Crippen LogP contribution >= 0.6 is 0 Å². The molecule has 1 aromatic carbocycles. The lowest BCUT2D eigenvalue weighted by Crippen LogP contribution is -2.11. The molecule has 0 fully saturated rings. The average molecular weight is 248 g/mol. The summed E-state index contributed by atoms with van der Waals surface area (Å²) < 4.78 is 10.6. The Labute approximate surface area is 108 Å². The zero-order valence-electron chi connectivity index (χ0n) is 10.8. The summed E-state index contributed by atoms with van der Waals surface area (Å²) in [5.41, 5.74) is 1.70. The maximum atomic E-state index is 9.62. The van der Waals surface area contributed by atoms with Gasteiger partial charge in [0, 0.05) is 13.0 Å². The highest BCUT2D eigenvalue weighted by atomic mass is 16.5. The second-order valence-corrected chi connectivity index (χ2v) is 3.98. The SMILES string of the molecule is C=CC(=C)[C@H](O)CCOCc1ccc(OC)cc1. The van der Waals surface area contributed by atoms with Crippen molar-refractivity contribution < 1.29 is 14.6 Å². The van der Waals surface area contributed by atoms with E-state index in [0.29, 0.717) is 25.2 Å². The van der Waals surface area contributed by atoms with Crippen LogP contribution in [0.15, 0.2) is 49.1 Å². The first-order valence-electron chi connectivity index (χ1n) is 5.87. The topological polar surface area (TPSA) is 38.7 Å². The van der Waals surface area contributed by atoms with E-state index < -0.39 is 6.10 Å². The Balaban J connectivity index is 2.25. The fourth-order valence-corrected chi connectivity index (χ4v) is 1.43. The van der Waals surface area contributed by atoms with Gasteiger partial charge in [-0.05, 0) is 23.3 Å². The predicted molar refractivity (Wildman–Crippen MR) is 72.6 cm³/mol. The van der Waals surface area contributed by atoms with Gasteiger partial charge in [-0.1, -0.05) is 31.4 Å². The predicted octanol–water partition coefficient (Wildman–Crippen LogP) is 2.71. The highest BCUT2D eigenvalue weighted by Gasteiger charge is 2.05. The van der Waals surface area contributed by atoms with E-state index in [1.54, 1.807) is 13.2 Å². The smallest absolute Gasteiger partial charge is 0.118 e. The summed E-state index contributed by atoms with van der Waals surface area (Å²) in [6, 6.07) is 7.70. The summed E-state index contributed by atoms with van der Waals surface area (Å²) in [4.78, 5) is 0. The minimum Gasteiger partial charge on any atom is -0.497 e. The van der Waals surface area contributed by atoms with Crippen molar-refractivity contribution in [2.45, 2.75) is 19.1 Å². The van der Waals surface area contributed by atoms with Gasteiger partial charge in [0.1, 0.15) is 5.75 Å². The molecule has 1 aromatic rings. The third kappa shape index (κ3) is 4.73. The second kappa shape index (κ2) is 7.69. The maximum Gasteiger partial charge on any atom is 0.118 e. The summed E-state index contributed by atoms with van der Waals surface area (Å²) >= 11 is 0. The summed E-state index contributed by atoms with van der Waals surface area (Å²) in [5.74, 6) is 0.830. The Bertz CT molecular complexity index is 381. The van der Waals surface area contributed by atoms with Crippen LogP contribution in [0, 0.1) is 0 Å². The van der Waals surface area contributed by atoms with Gasteiger partial charge < -0.3 is 14.6 Å². The molecule has 0 aliphatic rings. The van der Waals surface area contributed by atoms with E-state index in [1.807, 2.05) is 24.3 Å². The van der Waals surface area contributed by atoms with Crippen LogP contribution < -0.4 is 4.74 Å². The Morgan fingerprint density at radius 3 is 2.61 bits per heavy atom. The van der Waals surface area contributed by atoms with E-state index in [-0.39, 0.29) is 0 Å². The van der Waals surface area contributed by atoms with Gasteiger partial charge in [-0.15, -0.1) is 0 Å². The van der Waals surface area contributed by atoms with Crippen molar-refractivity contribution >= 4 is 0 Å². The van der Waals surface area contributed by atoms with Gasteiger partial charge in [-0.3, -0.25) is 0 Å². The molecule has 0 saturated heterocycles. The number of methoxy groups -OCH3 is 1. The van der Waals surface area contributed by atoms with Crippen LogP contribution in [0.25, 0.3) is 0 Å². The molecule has 0 aromatic heterocycles. The van der Waals surface area contributed by atoms with Gasteiger partial charge in [0.05, 0.1) is 19.8 Å². The van der Waals surface area contributed by atoms with Crippen LogP contribution in [0.1, 0.15) is 12.0 Å². The molecule has 3 heteroatoms. The van der Waals surface area contributed by atoms with Gasteiger partial charge in [-0.2, -0.15) is 0 Å². The summed E-state index contributed by atoms with van der Waals surface area (Å²) in [6.45, 7) is 8.26. The molecule has 0 bridgehead atoms. The van der Waals surface area contributed by atoms with Crippen LogP contribution in [-0.4, -0.2) is 24.9 Å². The molecule has 0 amide bonds. The van der Waals surface area contributed by atoms with E-state index in [1.165, 1.54) is 0 Å². The normalized spacial score (nSPS) is 11.9. The molecule has 1 rings (SSSR count). The van der Waals surface area contributed by atoms with Crippen LogP contribution in [0.4, 0.5) is 0 Å². The molecule has 0 radical (unpaired) electrons. The summed E-state index contributed by atoms with van der Waals surface area (Å²) in [6.07, 6.45) is 1.52. The van der Waals surface area contributed by atoms with Gasteiger partial charge in [-0.25, -0.2) is 0 Å². The Hall–Kier alpha value is -1.58. The van der Waals surface area contributed by atoms with Crippen LogP contribution in [0.2, 0.25) is 0 Å². The Morgan fingerprint density at radius 1 is 1.39 bits per heavy atom. The molecular weight excluding hydrogens is 228 g/mol. The molecule has 0 heterocycles. The number of benzene rings is 1. The van der Waals surface area contributed by atoms with Gasteiger partial charge in [0.25, 0.3) is 0 Å². The van der Waals surface area contributed by atoms with Crippen molar-refractivity contribution in [2.24, 2.45) is 0 Å². The number of ether oxygens (including phenoxy) is 2. The zero-order valence-corrected chi connectivity index (χ0v) is 10.8. The molecule has 0 unspecified atom stereocenters. The number of hydrogen-bond acceptors (Lipinski definition) is 3. The molecule has 0 aliphatic heterocycles. The third-order valence-corrected chi connectivity index (χ3v) is 2.65. The minimum absolute atomic E-state index is 0.486. The van der Waals surface area contributed by atoms with Crippen molar-refractivity contribution in [3.63, 3.8) is 0 Å². The molecule has 98 valence electrons. The number of aliphatic hydroxyl groups excluding tert-OH is 1. The summed E-state index contributed by atoms with van der Waals surface area (Å²) in [7, 11) is 1.64. The van der Waals surface area contributed by atoms with Crippen LogP contribution in [-0.2, 0) is 11.3 Å². The Kier molecular flexibility index (Phi) is 6.19. The lowest BCUT2D eigenvalue weighted by Gasteiger charge is -2.11. The van der Waals surface area contributed by atoms with Gasteiger partial charge in [0.2, 0.25) is 0 Å². The first kappa shape index (κ1) is 14.5. The van der Waals surface area contributed by atoms with E-state index in [9.17, 15) is 5.11 Å². The highest BCUT2D eigenvalue weighted by Crippen LogP contribution is 2.12. The minimum atomic E-state index is -0.571. The van der Waals surface area contributed by atoms with Crippen LogP contribution in [0.3, 0.4) is 0 Å². The van der Waals surface area contributed by atoms with Gasteiger partial charge >= 0.3 is 0 Å². The molecule has 1 atom stereocenters. The fraction of sp³-hybridized carbons (Fsp3) is 0.333. The zero-order chi connectivity index (χ0) is 13.4. The third-order valence-electron chi connectivity index (χ3n) is 2.65. The first-order chi connectivity index (χ1) is 8.67. The van der Waals surface area contributed by atoms with Crippen molar-refractivity contribution in [2.75, 3.05) is 13.7 Å². The molecule has 1 N–H and O–H groups in total. The standard InChI is InChI=1S/C15H20O3/c1-4-12(2)15(16)9-10-18-11-13-5-7-14(17-3)8-6-13/h4-8,15-16H,1-2,9-11H2,3H3/t15-/m1/s1. The maximum absolute atomic E-state index is 9.62. The number of aliphatic hydroxyl groups is 1. The van der Waals surface area contributed by atoms with E-state index in [4.69, 9.17) is 9.47 Å². The summed E-state index contributed by atoms with van der Waals surface area (Å²) in [5, 5.41) is 9.62. The molecule has 0 saturated carbocycles. The molecule has 0 spiro atoms. The molecule has 0 aliphatic carbocycles. The first-order valence-corrected chi connectivity index (χ1v) is 5.87. The van der Waals surface area contributed by atoms with E-state index in [0.717, 1.165) is 11.3 Å². The Morgan fingerprint density at radius 2 is 2.06 bits per heavy atom. The highest BCUT2D eigenvalue weighted by molar-refractivity contribution is 5.26. The van der Waals surface area contributed by atoms with Crippen molar-refractivity contribution in [1.82, 2.24) is 0 Å². The number of hydrogen-bond donors (Lipinski definition) is 1. The fourth-order valence-electron chi connectivity index (χ4n) is 1.43. The van der Waals surface area contributed by atoms with E-state index in [2.05, 4.69) is 13.2 Å². The molecule has 3 nitrogen and oxygen atoms in total. The van der Waals surface area contributed by atoms with Crippen molar-refractivity contribution in [1.29, 1.82) is 0 Å². The molecule has 18 heavy (non-hydrogen) atoms. The van der Waals surface area contributed by atoms with Gasteiger partial charge in [0.15, 0.2) is 0 Å². The van der Waals surface area contributed by atoms with Crippen molar-refractivity contribution in [3.05, 3.63) is 54.6 Å². The lowest BCUT2D eigenvalue weighted by atomic mass is 10.1. The second-order valence-electron chi connectivity index (χ2n) is 3.98. The lowest BCUT2D eigenvalue weighted by molar-refractivity contribution is 0.0862. The number of rotatable bonds is 8. The monoisotopic (exact) mass is 248 g/mol. The average Bonchev–Trinajstić information content (AvgIpc) is 2.43. The largest absolute Gasteiger partial charge is 0.497 e.